The molecule has 0 saturated carbocycles. The summed E-state index contributed by atoms with van der Waals surface area (Å²) >= 11 is 0. The number of rotatable bonds is 9. The van der Waals surface area contributed by atoms with Gasteiger partial charge in [-0.25, -0.2) is 4.98 Å². The van der Waals surface area contributed by atoms with E-state index in [0.717, 1.165) is 26.1 Å². The van der Waals surface area contributed by atoms with Crippen molar-refractivity contribution in [2.45, 2.75) is 25.6 Å². The van der Waals surface area contributed by atoms with Crippen LogP contribution in [0.25, 0.3) is 0 Å². The maximum atomic E-state index is 12.7. The van der Waals surface area contributed by atoms with Gasteiger partial charge in [-0.05, 0) is 50.6 Å². The van der Waals surface area contributed by atoms with E-state index in [4.69, 9.17) is 4.74 Å². The first-order valence-corrected chi connectivity index (χ1v) is 9.46. The average molecular weight is 411 g/mol. The summed E-state index contributed by atoms with van der Waals surface area (Å²) in [5.74, 6) is 0.548. The highest BCUT2D eigenvalue weighted by Gasteiger charge is 2.32. The summed E-state index contributed by atoms with van der Waals surface area (Å²) in [6.07, 6.45) is -0.134. The maximum absolute atomic E-state index is 12.7. The van der Waals surface area contributed by atoms with Gasteiger partial charge in [0.2, 0.25) is 5.95 Å². The van der Waals surface area contributed by atoms with Gasteiger partial charge in [0.15, 0.2) is 11.5 Å². The molecule has 0 amide bonds. The number of ether oxygens (including phenoxy) is 2. The van der Waals surface area contributed by atoms with E-state index in [0.29, 0.717) is 24.1 Å². The molecule has 2 aromatic rings. The van der Waals surface area contributed by atoms with E-state index < -0.39 is 6.36 Å². The van der Waals surface area contributed by atoms with Crippen LogP contribution in [0.15, 0.2) is 30.5 Å². The third-order valence-electron chi connectivity index (χ3n) is 4.41. The van der Waals surface area contributed by atoms with Gasteiger partial charge in [-0.3, -0.25) is 0 Å². The third kappa shape index (κ3) is 6.67. The van der Waals surface area contributed by atoms with Crippen LogP contribution < -0.4 is 20.1 Å². The molecule has 0 radical (unpaired) electrons. The topological polar surface area (TPSA) is 71.5 Å². The SMILES string of the molecule is CNc1ccnc(Nc2ccc(OC(F)(F)F)c(OCCCN3CCCC3)c2)n1. The summed E-state index contributed by atoms with van der Waals surface area (Å²) in [5, 5.41) is 5.85. The molecule has 1 aromatic carbocycles. The van der Waals surface area contributed by atoms with E-state index in [1.165, 1.54) is 31.0 Å². The Morgan fingerprint density at radius 3 is 2.66 bits per heavy atom. The van der Waals surface area contributed by atoms with Crippen LogP contribution in [0.1, 0.15) is 19.3 Å². The number of benzene rings is 1. The molecular formula is C19H24F3N5O2. The van der Waals surface area contributed by atoms with Gasteiger partial charge in [-0.15, -0.1) is 13.2 Å². The van der Waals surface area contributed by atoms with Crippen LogP contribution in [0.4, 0.5) is 30.6 Å². The number of hydrogen-bond donors (Lipinski definition) is 2. The molecule has 2 N–H and O–H groups in total. The molecule has 0 spiro atoms. The average Bonchev–Trinajstić information content (AvgIpc) is 3.20. The number of hydrogen-bond acceptors (Lipinski definition) is 7. The van der Waals surface area contributed by atoms with Crippen molar-refractivity contribution in [3.8, 4) is 11.5 Å². The predicted octanol–water partition coefficient (Wildman–Crippen LogP) is 4.03. The molecule has 158 valence electrons. The van der Waals surface area contributed by atoms with E-state index >= 15 is 0 Å². The lowest BCUT2D eigenvalue weighted by atomic mass is 10.2. The first-order valence-electron chi connectivity index (χ1n) is 9.46. The Kier molecular flexibility index (Phi) is 6.97. The standard InChI is InChI=1S/C19H24F3N5O2/c1-23-17-7-8-24-18(26-17)25-14-5-6-15(29-19(20,21)22)16(13-14)28-12-4-11-27-9-2-3-10-27/h5-8,13H,2-4,9-12H2,1H3,(H2,23,24,25,26). The lowest BCUT2D eigenvalue weighted by Gasteiger charge is -2.17. The minimum absolute atomic E-state index is 0.0125. The zero-order valence-corrected chi connectivity index (χ0v) is 16.1. The van der Waals surface area contributed by atoms with Crippen molar-refractivity contribution in [2.75, 3.05) is 43.9 Å². The second kappa shape index (κ2) is 9.64. The molecule has 2 heterocycles. The minimum Gasteiger partial charge on any atom is -0.490 e. The number of alkyl halides is 3. The second-order valence-electron chi connectivity index (χ2n) is 6.60. The van der Waals surface area contributed by atoms with Crippen LogP contribution in [-0.4, -0.2) is 54.5 Å². The Morgan fingerprint density at radius 2 is 1.93 bits per heavy atom. The van der Waals surface area contributed by atoms with E-state index in [1.807, 2.05) is 0 Å². The summed E-state index contributed by atoms with van der Waals surface area (Å²) < 4.78 is 47.9. The molecule has 1 aromatic heterocycles. The molecule has 29 heavy (non-hydrogen) atoms. The normalized spacial score (nSPS) is 14.6. The molecule has 1 aliphatic rings. The van der Waals surface area contributed by atoms with E-state index in [2.05, 4.69) is 30.2 Å². The van der Waals surface area contributed by atoms with Gasteiger partial charge in [-0.1, -0.05) is 0 Å². The number of nitrogens with one attached hydrogen (secondary N) is 2. The van der Waals surface area contributed by atoms with E-state index in [-0.39, 0.29) is 11.5 Å². The summed E-state index contributed by atoms with van der Waals surface area (Å²) in [6, 6.07) is 5.81. The van der Waals surface area contributed by atoms with Gasteiger partial charge >= 0.3 is 6.36 Å². The highest BCUT2D eigenvalue weighted by Crippen LogP contribution is 2.35. The van der Waals surface area contributed by atoms with Crippen LogP contribution in [0, 0.1) is 0 Å². The van der Waals surface area contributed by atoms with Gasteiger partial charge < -0.3 is 25.0 Å². The van der Waals surface area contributed by atoms with E-state index in [1.54, 1.807) is 19.3 Å². The van der Waals surface area contributed by atoms with Crippen LogP contribution in [0.3, 0.4) is 0 Å². The molecule has 7 nitrogen and oxygen atoms in total. The summed E-state index contributed by atoms with van der Waals surface area (Å²) in [4.78, 5) is 10.6. The first kappa shape index (κ1) is 21.0. The van der Waals surface area contributed by atoms with Gasteiger partial charge in [0.05, 0.1) is 6.61 Å². The summed E-state index contributed by atoms with van der Waals surface area (Å²) in [5.41, 5.74) is 0.488. The number of aromatic nitrogens is 2. The zero-order valence-electron chi connectivity index (χ0n) is 16.1. The monoisotopic (exact) mass is 411 g/mol. The molecule has 0 bridgehead atoms. The molecule has 0 unspecified atom stereocenters. The van der Waals surface area contributed by atoms with Gasteiger partial charge in [0, 0.05) is 31.5 Å². The van der Waals surface area contributed by atoms with Crippen LogP contribution >= 0.6 is 0 Å². The fourth-order valence-corrected chi connectivity index (χ4v) is 3.07. The first-order chi connectivity index (χ1) is 13.9. The quantitative estimate of drug-likeness (QED) is 0.604. The van der Waals surface area contributed by atoms with Crippen molar-refractivity contribution in [1.82, 2.24) is 14.9 Å². The van der Waals surface area contributed by atoms with Crippen molar-refractivity contribution in [2.24, 2.45) is 0 Å². The number of anilines is 3. The highest BCUT2D eigenvalue weighted by molar-refractivity contribution is 5.60. The van der Waals surface area contributed by atoms with Crippen molar-refractivity contribution < 1.29 is 22.6 Å². The van der Waals surface area contributed by atoms with Gasteiger partial charge in [0.1, 0.15) is 5.82 Å². The summed E-state index contributed by atoms with van der Waals surface area (Å²) in [6.45, 7) is 3.28. The predicted molar refractivity (Wildman–Crippen MR) is 104 cm³/mol. The van der Waals surface area contributed by atoms with Crippen LogP contribution in [0.2, 0.25) is 0 Å². The largest absolute Gasteiger partial charge is 0.573 e. The maximum Gasteiger partial charge on any atom is 0.573 e. The molecule has 1 aliphatic heterocycles. The highest BCUT2D eigenvalue weighted by atomic mass is 19.4. The Balaban J connectivity index is 1.68. The fraction of sp³-hybridized carbons (Fsp3) is 0.474. The van der Waals surface area contributed by atoms with Crippen LogP contribution in [0.5, 0.6) is 11.5 Å². The molecule has 0 atom stereocenters. The fourth-order valence-electron chi connectivity index (χ4n) is 3.07. The Bertz CT molecular complexity index is 798. The molecule has 1 fully saturated rings. The Hall–Kier alpha value is -2.75. The zero-order chi connectivity index (χ0) is 20.7. The molecule has 10 heteroatoms. The van der Waals surface area contributed by atoms with Crippen molar-refractivity contribution >= 4 is 17.5 Å². The van der Waals surface area contributed by atoms with Crippen molar-refractivity contribution in [1.29, 1.82) is 0 Å². The Labute approximate surface area is 167 Å². The van der Waals surface area contributed by atoms with Crippen molar-refractivity contribution in [3.63, 3.8) is 0 Å². The van der Waals surface area contributed by atoms with Gasteiger partial charge in [0.25, 0.3) is 0 Å². The third-order valence-corrected chi connectivity index (χ3v) is 4.41. The smallest absolute Gasteiger partial charge is 0.490 e. The lowest BCUT2D eigenvalue weighted by Crippen LogP contribution is -2.22. The Morgan fingerprint density at radius 1 is 1.14 bits per heavy atom. The molecule has 3 rings (SSSR count). The molecule has 1 saturated heterocycles. The van der Waals surface area contributed by atoms with E-state index in [9.17, 15) is 13.2 Å². The van der Waals surface area contributed by atoms with Gasteiger partial charge in [-0.2, -0.15) is 4.98 Å². The number of likely N-dealkylation sites (tertiary alicyclic amines) is 1. The molecular weight excluding hydrogens is 387 g/mol. The minimum atomic E-state index is -4.80. The molecule has 0 aliphatic carbocycles. The number of halogens is 3. The second-order valence-corrected chi connectivity index (χ2v) is 6.60. The van der Waals surface area contributed by atoms with Crippen LogP contribution in [-0.2, 0) is 0 Å². The van der Waals surface area contributed by atoms with Crippen molar-refractivity contribution in [3.05, 3.63) is 30.5 Å². The number of nitrogens with zero attached hydrogens (tertiary/aromatic N) is 3. The summed E-state index contributed by atoms with van der Waals surface area (Å²) in [7, 11) is 1.73. The lowest BCUT2D eigenvalue weighted by molar-refractivity contribution is -0.275.